The summed E-state index contributed by atoms with van der Waals surface area (Å²) >= 11 is 21.4. The van der Waals surface area contributed by atoms with Crippen LogP contribution in [0, 0.1) is 0 Å². The van der Waals surface area contributed by atoms with E-state index in [1.807, 2.05) is 12.1 Å². The maximum absolute atomic E-state index is 6.07. The summed E-state index contributed by atoms with van der Waals surface area (Å²) in [7, 11) is 0. The van der Waals surface area contributed by atoms with Crippen molar-refractivity contribution in [1.82, 2.24) is 4.98 Å². The summed E-state index contributed by atoms with van der Waals surface area (Å²) in [6.45, 7) is 0. The normalized spacial score (nSPS) is 11.2. The van der Waals surface area contributed by atoms with E-state index in [1.165, 1.54) is 0 Å². The fourth-order valence-electron chi connectivity index (χ4n) is 1.71. The van der Waals surface area contributed by atoms with Gasteiger partial charge in [0, 0.05) is 15.1 Å². The monoisotopic (exact) mass is 375 g/mol. The SMILES string of the molecule is Clc1cc(Cl)c2oc(-c3ccc(Br)c(Cl)c3)nc2c1. The molecule has 0 spiro atoms. The van der Waals surface area contributed by atoms with Gasteiger partial charge in [-0.1, -0.05) is 34.8 Å². The molecule has 2 nitrogen and oxygen atoms in total. The topological polar surface area (TPSA) is 26.0 Å². The van der Waals surface area contributed by atoms with Gasteiger partial charge in [-0.05, 0) is 46.3 Å². The Bertz CT molecular complexity index is 785. The van der Waals surface area contributed by atoms with Crippen molar-refractivity contribution in [3.05, 3.63) is 49.9 Å². The first kappa shape index (κ1) is 13.3. The van der Waals surface area contributed by atoms with Gasteiger partial charge in [0.2, 0.25) is 5.89 Å². The number of benzene rings is 2. The van der Waals surface area contributed by atoms with Gasteiger partial charge in [0.1, 0.15) is 5.52 Å². The van der Waals surface area contributed by atoms with Gasteiger partial charge in [-0.3, -0.25) is 0 Å². The molecule has 96 valence electrons. The molecule has 0 atom stereocenters. The smallest absolute Gasteiger partial charge is 0.227 e. The lowest BCUT2D eigenvalue weighted by Crippen LogP contribution is -1.78. The second-order valence-electron chi connectivity index (χ2n) is 3.88. The number of fused-ring (bicyclic) bond motifs is 1. The minimum atomic E-state index is 0.435. The maximum Gasteiger partial charge on any atom is 0.227 e. The van der Waals surface area contributed by atoms with E-state index in [0.717, 1.165) is 10.0 Å². The molecular formula is C13H5BrCl3NO. The lowest BCUT2D eigenvalue weighted by molar-refractivity contribution is 0.620. The predicted octanol–water partition coefficient (Wildman–Crippen LogP) is 6.22. The largest absolute Gasteiger partial charge is 0.435 e. The van der Waals surface area contributed by atoms with Crippen molar-refractivity contribution < 1.29 is 4.42 Å². The van der Waals surface area contributed by atoms with Crippen LogP contribution < -0.4 is 0 Å². The lowest BCUT2D eigenvalue weighted by atomic mass is 10.2. The summed E-state index contributed by atoms with van der Waals surface area (Å²) in [6, 6.07) is 8.79. The van der Waals surface area contributed by atoms with Crippen LogP contribution in [0.15, 0.2) is 39.2 Å². The van der Waals surface area contributed by atoms with E-state index in [-0.39, 0.29) is 0 Å². The molecule has 6 heteroatoms. The van der Waals surface area contributed by atoms with Gasteiger partial charge in [-0.2, -0.15) is 0 Å². The van der Waals surface area contributed by atoms with Crippen LogP contribution in [0.1, 0.15) is 0 Å². The Balaban J connectivity index is 2.20. The summed E-state index contributed by atoms with van der Waals surface area (Å²) in [5.41, 5.74) is 1.91. The first-order valence-corrected chi connectivity index (χ1v) is 7.18. The molecule has 0 aliphatic rings. The minimum Gasteiger partial charge on any atom is -0.435 e. The zero-order valence-corrected chi connectivity index (χ0v) is 13.1. The zero-order chi connectivity index (χ0) is 13.6. The Labute approximate surface area is 132 Å². The molecule has 0 radical (unpaired) electrons. The van der Waals surface area contributed by atoms with Gasteiger partial charge < -0.3 is 4.42 Å². The second-order valence-corrected chi connectivity index (χ2v) is 5.99. The van der Waals surface area contributed by atoms with Crippen LogP contribution in [0.5, 0.6) is 0 Å². The van der Waals surface area contributed by atoms with Gasteiger partial charge >= 0.3 is 0 Å². The molecule has 0 aliphatic carbocycles. The number of hydrogen-bond donors (Lipinski definition) is 0. The highest BCUT2D eigenvalue weighted by atomic mass is 79.9. The molecule has 0 unspecified atom stereocenters. The van der Waals surface area contributed by atoms with Gasteiger partial charge in [-0.15, -0.1) is 0 Å². The average Bonchev–Trinajstić information content (AvgIpc) is 2.76. The molecule has 3 rings (SSSR count). The van der Waals surface area contributed by atoms with Crippen molar-refractivity contribution in [1.29, 1.82) is 0 Å². The summed E-state index contributed by atoms with van der Waals surface area (Å²) < 4.78 is 6.47. The number of halogens is 4. The van der Waals surface area contributed by atoms with Crippen LogP contribution in [-0.2, 0) is 0 Å². The van der Waals surface area contributed by atoms with Crippen molar-refractivity contribution in [2.75, 3.05) is 0 Å². The molecule has 0 saturated carbocycles. The second kappa shape index (κ2) is 4.98. The quantitative estimate of drug-likeness (QED) is 0.503. The molecule has 0 bridgehead atoms. The Morgan fingerprint density at radius 1 is 1.00 bits per heavy atom. The van der Waals surface area contributed by atoms with Gasteiger partial charge in [0.05, 0.1) is 10.0 Å². The highest BCUT2D eigenvalue weighted by Gasteiger charge is 2.13. The highest BCUT2D eigenvalue weighted by molar-refractivity contribution is 9.10. The van der Waals surface area contributed by atoms with E-state index >= 15 is 0 Å². The highest BCUT2D eigenvalue weighted by Crippen LogP contribution is 2.33. The number of hydrogen-bond acceptors (Lipinski definition) is 2. The fourth-order valence-corrected chi connectivity index (χ4v) is 2.66. The molecule has 0 fully saturated rings. The van der Waals surface area contributed by atoms with Crippen LogP contribution in [0.25, 0.3) is 22.6 Å². The van der Waals surface area contributed by atoms with E-state index in [2.05, 4.69) is 20.9 Å². The first-order chi connectivity index (χ1) is 9.04. The fraction of sp³-hybridized carbons (Fsp3) is 0. The number of rotatable bonds is 1. The summed E-state index contributed by atoms with van der Waals surface area (Å²) in [5.74, 6) is 0.452. The Hall–Kier alpha value is -0.740. The molecule has 0 saturated heterocycles. The van der Waals surface area contributed by atoms with E-state index < -0.39 is 0 Å². The standard InChI is InChI=1S/C13H5BrCl3NO/c14-8-2-1-6(3-9(8)16)13-18-11-5-7(15)4-10(17)12(11)19-13/h1-5H. The Kier molecular flexibility index (Phi) is 3.48. The van der Waals surface area contributed by atoms with E-state index in [1.54, 1.807) is 18.2 Å². The first-order valence-electron chi connectivity index (χ1n) is 5.25. The number of nitrogens with zero attached hydrogens (tertiary/aromatic N) is 1. The van der Waals surface area contributed by atoms with Crippen molar-refractivity contribution in [2.45, 2.75) is 0 Å². The van der Waals surface area contributed by atoms with Crippen LogP contribution in [0.4, 0.5) is 0 Å². The molecule has 0 aliphatic heterocycles. The molecule has 1 aromatic heterocycles. The van der Waals surface area contributed by atoms with Crippen LogP contribution >= 0.6 is 50.7 Å². The summed E-state index contributed by atoms with van der Waals surface area (Å²) in [5, 5.41) is 1.54. The zero-order valence-electron chi connectivity index (χ0n) is 9.25. The Morgan fingerprint density at radius 2 is 1.79 bits per heavy atom. The van der Waals surface area contributed by atoms with Crippen molar-refractivity contribution >= 4 is 61.8 Å². The third-order valence-electron chi connectivity index (χ3n) is 2.58. The summed E-state index contributed by atoms with van der Waals surface area (Å²) in [4.78, 5) is 4.37. The molecule has 3 aromatic rings. The van der Waals surface area contributed by atoms with Crippen LogP contribution in [0.3, 0.4) is 0 Å². The van der Waals surface area contributed by atoms with E-state index in [0.29, 0.717) is 32.1 Å². The third kappa shape index (κ3) is 2.48. The van der Waals surface area contributed by atoms with Gasteiger partial charge in [0.25, 0.3) is 0 Å². The van der Waals surface area contributed by atoms with Gasteiger partial charge in [-0.25, -0.2) is 4.98 Å². The number of oxazole rings is 1. The van der Waals surface area contributed by atoms with Crippen molar-refractivity contribution in [3.63, 3.8) is 0 Å². The van der Waals surface area contributed by atoms with Crippen molar-refractivity contribution in [3.8, 4) is 11.5 Å². The summed E-state index contributed by atoms with van der Waals surface area (Å²) in [6.07, 6.45) is 0. The molecule has 1 heterocycles. The molecule has 0 amide bonds. The molecular weight excluding hydrogens is 372 g/mol. The van der Waals surface area contributed by atoms with E-state index in [4.69, 9.17) is 39.2 Å². The van der Waals surface area contributed by atoms with Crippen LogP contribution in [0.2, 0.25) is 15.1 Å². The molecule has 0 N–H and O–H groups in total. The van der Waals surface area contributed by atoms with Crippen LogP contribution in [-0.4, -0.2) is 4.98 Å². The molecule has 2 aromatic carbocycles. The number of aromatic nitrogens is 1. The predicted molar refractivity (Wildman–Crippen MR) is 82.2 cm³/mol. The maximum atomic E-state index is 6.07. The van der Waals surface area contributed by atoms with Crippen molar-refractivity contribution in [2.24, 2.45) is 0 Å². The van der Waals surface area contributed by atoms with E-state index in [9.17, 15) is 0 Å². The Morgan fingerprint density at radius 3 is 2.53 bits per heavy atom. The third-order valence-corrected chi connectivity index (χ3v) is 4.31. The molecule has 19 heavy (non-hydrogen) atoms. The average molecular weight is 377 g/mol. The minimum absolute atomic E-state index is 0.435. The van der Waals surface area contributed by atoms with Gasteiger partial charge in [0.15, 0.2) is 5.58 Å². The lowest BCUT2D eigenvalue weighted by Gasteiger charge is -1.98.